The number of halogens is 2. The van der Waals surface area contributed by atoms with Gasteiger partial charge in [-0.3, -0.25) is 4.68 Å². The fourth-order valence-electron chi connectivity index (χ4n) is 1.34. The molecule has 0 unspecified atom stereocenters. The fraction of sp³-hybridized carbons (Fsp3) is 0.100. The van der Waals surface area contributed by atoms with Gasteiger partial charge in [0.25, 0.3) is 0 Å². The van der Waals surface area contributed by atoms with Crippen molar-refractivity contribution >= 4 is 23.2 Å². The van der Waals surface area contributed by atoms with Crippen LogP contribution in [0.2, 0.25) is 10.0 Å². The third-order valence-electron chi connectivity index (χ3n) is 2.01. The van der Waals surface area contributed by atoms with Gasteiger partial charge in [0.15, 0.2) is 0 Å². The van der Waals surface area contributed by atoms with E-state index >= 15 is 0 Å². The second-order valence-corrected chi connectivity index (χ2v) is 3.82. The molecule has 2 rings (SSSR count). The highest BCUT2D eigenvalue weighted by molar-refractivity contribution is 6.33. The molecule has 2 nitrogen and oxygen atoms in total. The van der Waals surface area contributed by atoms with Gasteiger partial charge in [-0.15, -0.1) is 0 Å². The Hall–Kier alpha value is -0.990. The largest absolute Gasteiger partial charge is 0.266 e. The molecule has 0 aliphatic carbocycles. The van der Waals surface area contributed by atoms with E-state index in [9.17, 15) is 0 Å². The predicted molar refractivity (Wildman–Crippen MR) is 58.7 cm³/mol. The Bertz CT molecular complexity index is 426. The number of hydrogen-bond acceptors (Lipinski definition) is 1. The molecule has 72 valence electrons. The number of hydrogen-bond donors (Lipinski definition) is 0. The van der Waals surface area contributed by atoms with Crippen molar-refractivity contribution in [2.45, 2.75) is 0 Å². The van der Waals surface area contributed by atoms with Crippen molar-refractivity contribution in [3.63, 3.8) is 0 Å². The summed E-state index contributed by atoms with van der Waals surface area (Å²) in [6, 6.07) is 7.51. The molecule has 0 amide bonds. The molecule has 0 N–H and O–H groups in total. The van der Waals surface area contributed by atoms with Gasteiger partial charge in [-0.1, -0.05) is 35.3 Å². The third-order valence-corrected chi connectivity index (χ3v) is 2.54. The summed E-state index contributed by atoms with van der Waals surface area (Å²) < 4.78 is 1.74. The maximum Gasteiger partial charge on any atom is 0.0865 e. The highest BCUT2D eigenvalue weighted by Crippen LogP contribution is 2.27. The number of aromatic nitrogens is 2. The molecule has 0 atom stereocenters. The van der Waals surface area contributed by atoms with Crippen molar-refractivity contribution < 1.29 is 0 Å². The SMILES string of the molecule is Cn1ncc(Cl)c1-c1ccc(Cl)cc1. The molecular weight excluding hydrogens is 219 g/mol. The van der Waals surface area contributed by atoms with Gasteiger partial charge in [-0.05, 0) is 12.1 Å². The minimum Gasteiger partial charge on any atom is -0.266 e. The smallest absolute Gasteiger partial charge is 0.0865 e. The van der Waals surface area contributed by atoms with Crippen molar-refractivity contribution in [1.82, 2.24) is 9.78 Å². The average Bonchev–Trinajstić information content (AvgIpc) is 2.49. The van der Waals surface area contributed by atoms with Crippen LogP contribution in [0.1, 0.15) is 0 Å². The van der Waals surface area contributed by atoms with E-state index in [1.54, 1.807) is 10.9 Å². The Morgan fingerprint density at radius 3 is 2.29 bits per heavy atom. The van der Waals surface area contributed by atoms with Gasteiger partial charge < -0.3 is 0 Å². The first kappa shape index (κ1) is 9.56. The summed E-state index contributed by atoms with van der Waals surface area (Å²) in [5.41, 5.74) is 1.92. The Labute approximate surface area is 92.1 Å². The average molecular weight is 227 g/mol. The summed E-state index contributed by atoms with van der Waals surface area (Å²) >= 11 is 11.8. The minimum absolute atomic E-state index is 0.648. The molecule has 1 heterocycles. The lowest BCUT2D eigenvalue weighted by molar-refractivity contribution is 0.776. The lowest BCUT2D eigenvalue weighted by Gasteiger charge is -2.02. The Morgan fingerprint density at radius 1 is 1.14 bits per heavy atom. The van der Waals surface area contributed by atoms with Gasteiger partial charge in [0, 0.05) is 17.6 Å². The van der Waals surface area contributed by atoms with Crippen LogP contribution in [0.4, 0.5) is 0 Å². The zero-order chi connectivity index (χ0) is 10.1. The molecule has 0 saturated carbocycles. The van der Waals surface area contributed by atoms with Crippen molar-refractivity contribution in [1.29, 1.82) is 0 Å². The molecule has 2 aromatic rings. The zero-order valence-electron chi connectivity index (χ0n) is 7.54. The molecule has 0 spiro atoms. The topological polar surface area (TPSA) is 17.8 Å². The van der Waals surface area contributed by atoms with E-state index in [4.69, 9.17) is 23.2 Å². The van der Waals surface area contributed by atoms with Crippen LogP contribution in [0.5, 0.6) is 0 Å². The minimum atomic E-state index is 0.648. The van der Waals surface area contributed by atoms with Gasteiger partial charge in [-0.25, -0.2) is 0 Å². The maximum absolute atomic E-state index is 6.00. The van der Waals surface area contributed by atoms with E-state index in [0.717, 1.165) is 11.3 Å². The molecule has 0 radical (unpaired) electrons. The second kappa shape index (κ2) is 3.64. The molecule has 1 aromatic heterocycles. The van der Waals surface area contributed by atoms with Crippen LogP contribution in [0, 0.1) is 0 Å². The monoisotopic (exact) mass is 226 g/mol. The summed E-state index contributed by atoms with van der Waals surface area (Å²) in [4.78, 5) is 0. The molecule has 0 fully saturated rings. The van der Waals surface area contributed by atoms with Crippen molar-refractivity contribution in [2.24, 2.45) is 7.05 Å². The van der Waals surface area contributed by atoms with E-state index in [2.05, 4.69) is 5.10 Å². The van der Waals surface area contributed by atoms with Gasteiger partial charge in [0.05, 0.1) is 16.9 Å². The lowest BCUT2D eigenvalue weighted by atomic mass is 10.1. The Kier molecular flexibility index (Phi) is 2.48. The molecule has 0 aliphatic rings. The van der Waals surface area contributed by atoms with Crippen LogP contribution in [0.25, 0.3) is 11.3 Å². The van der Waals surface area contributed by atoms with Crippen molar-refractivity contribution in [3.8, 4) is 11.3 Å². The van der Waals surface area contributed by atoms with Gasteiger partial charge in [0.1, 0.15) is 0 Å². The summed E-state index contributed by atoms with van der Waals surface area (Å²) in [6.45, 7) is 0. The van der Waals surface area contributed by atoms with E-state index in [0.29, 0.717) is 10.0 Å². The van der Waals surface area contributed by atoms with E-state index < -0.39 is 0 Å². The van der Waals surface area contributed by atoms with Gasteiger partial charge in [-0.2, -0.15) is 5.10 Å². The quantitative estimate of drug-likeness (QED) is 0.730. The predicted octanol–water partition coefficient (Wildman–Crippen LogP) is 3.39. The number of aryl methyl sites for hydroxylation is 1. The molecule has 0 bridgehead atoms. The normalized spacial score (nSPS) is 10.5. The number of nitrogens with zero attached hydrogens (tertiary/aromatic N) is 2. The van der Waals surface area contributed by atoms with E-state index in [-0.39, 0.29) is 0 Å². The first-order valence-corrected chi connectivity index (χ1v) is 4.87. The summed E-state index contributed by atoms with van der Waals surface area (Å²) in [6.07, 6.45) is 1.63. The molecule has 1 aromatic carbocycles. The fourth-order valence-corrected chi connectivity index (χ4v) is 1.74. The Morgan fingerprint density at radius 2 is 1.79 bits per heavy atom. The number of benzene rings is 1. The van der Waals surface area contributed by atoms with Crippen molar-refractivity contribution in [2.75, 3.05) is 0 Å². The summed E-state index contributed by atoms with van der Waals surface area (Å²) in [5, 5.41) is 5.43. The van der Waals surface area contributed by atoms with Crippen LogP contribution in [-0.4, -0.2) is 9.78 Å². The van der Waals surface area contributed by atoms with E-state index in [1.807, 2.05) is 31.3 Å². The maximum atomic E-state index is 6.00. The first-order valence-electron chi connectivity index (χ1n) is 4.12. The standard InChI is InChI=1S/C10H8Cl2N2/c1-14-10(9(12)6-13-14)7-2-4-8(11)5-3-7/h2-6H,1H3. The third kappa shape index (κ3) is 1.63. The molecular formula is C10H8Cl2N2. The zero-order valence-corrected chi connectivity index (χ0v) is 9.05. The molecule has 14 heavy (non-hydrogen) atoms. The highest BCUT2D eigenvalue weighted by Gasteiger charge is 2.08. The van der Waals surface area contributed by atoms with Crippen LogP contribution in [0.15, 0.2) is 30.5 Å². The Balaban J connectivity index is 2.54. The van der Waals surface area contributed by atoms with Crippen LogP contribution in [-0.2, 0) is 7.05 Å². The molecule has 0 saturated heterocycles. The van der Waals surface area contributed by atoms with E-state index in [1.165, 1.54) is 0 Å². The highest BCUT2D eigenvalue weighted by atomic mass is 35.5. The van der Waals surface area contributed by atoms with Crippen LogP contribution >= 0.6 is 23.2 Å². The van der Waals surface area contributed by atoms with Gasteiger partial charge >= 0.3 is 0 Å². The molecule has 0 aliphatic heterocycles. The van der Waals surface area contributed by atoms with Crippen LogP contribution in [0.3, 0.4) is 0 Å². The molecule has 4 heteroatoms. The second-order valence-electron chi connectivity index (χ2n) is 2.97. The lowest BCUT2D eigenvalue weighted by Crippen LogP contribution is -1.93. The first-order chi connectivity index (χ1) is 6.68. The number of rotatable bonds is 1. The van der Waals surface area contributed by atoms with Crippen LogP contribution < -0.4 is 0 Å². The summed E-state index contributed by atoms with van der Waals surface area (Å²) in [5.74, 6) is 0. The summed E-state index contributed by atoms with van der Waals surface area (Å²) in [7, 11) is 1.86. The van der Waals surface area contributed by atoms with Crippen molar-refractivity contribution in [3.05, 3.63) is 40.5 Å². The van der Waals surface area contributed by atoms with Gasteiger partial charge in [0.2, 0.25) is 0 Å².